The van der Waals surface area contributed by atoms with Crippen LogP contribution in [0.15, 0.2) is 42.6 Å². The number of fused-ring (bicyclic) bond motifs is 1. The summed E-state index contributed by atoms with van der Waals surface area (Å²) in [6, 6.07) is 11.1. The molecule has 274 valence electrons. The number of ether oxygens (including phenoxy) is 1. The topological polar surface area (TPSA) is 109 Å². The number of benzene rings is 1. The molecule has 0 bridgehead atoms. The standard InChI is InChI=1S/C38H43Cl2FN8O3/c1-24(50)49-19-13-38(23-49)12-18-48(22-38)20-25-8-9-28(45-37(25)52-3)26-10-15-42-34(33(26)40)27-6-4-7-29(32(27)39)44-36(51)35-43-30-21-47(16-5-14-41)17-11-31(30)46(35)2/h4,6-10,15H,5,11-14,16-23H2,1-3H3,(H,44,51). The van der Waals surface area contributed by atoms with Crippen molar-refractivity contribution in [3.63, 3.8) is 0 Å². The predicted octanol–water partition coefficient (Wildman–Crippen LogP) is 6.27. The van der Waals surface area contributed by atoms with Gasteiger partial charge in [-0.2, -0.15) is 0 Å². The molecule has 2 fully saturated rings. The molecule has 1 N–H and O–H groups in total. The zero-order chi connectivity index (χ0) is 36.6. The van der Waals surface area contributed by atoms with Crippen LogP contribution < -0.4 is 10.1 Å². The largest absolute Gasteiger partial charge is 0.481 e. The Morgan fingerprint density at radius 3 is 2.60 bits per heavy atom. The second-order valence-corrected chi connectivity index (χ2v) is 14.9. The van der Waals surface area contributed by atoms with Crippen molar-refractivity contribution in [2.75, 3.05) is 58.4 Å². The third kappa shape index (κ3) is 7.13. The van der Waals surface area contributed by atoms with E-state index in [1.807, 2.05) is 28.6 Å². The Kier molecular flexibility index (Phi) is 10.5. The Labute approximate surface area is 313 Å². The number of nitrogens with zero attached hydrogens (tertiary/aromatic N) is 7. The molecule has 2 amide bonds. The van der Waals surface area contributed by atoms with Crippen LogP contribution in [-0.2, 0) is 31.4 Å². The normalized spacial score (nSPS) is 19.0. The number of alkyl halides is 1. The van der Waals surface area contributed by atoms with Crippen molar-refractivity contribution in [3.05, 3.63) is 75.4 Å². The summed E-state index contributed by atoms with van der Waals surface area (Å²) in [5.41, 5.74) is 5.66. The van der Waals surface area contributed by atoms with Gasteiger partial charge in [0, 0.05) is 100 Å². The van der Waals surface area contributed by atoms with Gasteiger partial charge in [0.15, 0.2) is 5.82 Å². The molecule has 3 aliphatic rings. The first kappa shape index (κ1) is 36.3. The number of hydrogen-bond acceptors (Lipinski definition) is 8. The molecule has 3 aromatic heterocycles. The van der Waals surface area contributed by atoms with E-state index in [1.54, 1.807) is 44.5 Å². The number of pyridine rings is 2. The van der Waals surface area contributed by atoms with Crippen LogP contribution in [0.2, 0.25) is 10.0 Å². The fourth-order valence-corrected chi connectivity index (χ4v) is 8.51. The fraction of sp³-hybridized carbons (Fsp3) is 0.447. The Balaban J connectivity index is 1.08. The SMILES string of the molecule is COc1nc(-c2ccnc(-c3cccc(NC(=O)c4nc5c(n4C)CCN(CCCF)C5)c3Cl)c2Cl)ccc1CN1CCC2(CCN(C(C)=O)C2)C1. The van der Waals surface area contributed by atoms with Crippen LogP contribution in [0.25, 0.3) is 22.5 Å². The average molecular weight is 750 g/mol. The van der Waals surface area contributed by atoms with Gasteiger partial charge in [-0.05, 0) is 44.0 Å². The van der Waals surface area contributed by atoms with Gasteiger partial charge in [0.1, 0.15) is 0 Å². The molecule has 2 saturated heterocycles. The Bertz CT molecular complexity index is 2010. The van der Waals surface area contributed by atoms with Crippen molar-refractivity contribution >= 4 is 40.7 Å². The van der Waals surface area contributed by atoms with Crippen molar-refractivity contribution in [3.8, 4) is 28.4 Å². The molecule has 0 aliphatic carbocycles. The van der Waals surface area contributed by atoms with Gasteiger partial charge in [0.05, 0.1) is 46.6 Å². The summed E-state index contributed by atoms with van der Waals surface area (Å²) in [5.74, 6) is 0.565. The molecule has 0 saturated carbocycles. The molecular formula is C38H43Cl2FN8O3. The first-order valence-corrected chi connectivity index (χ1v) is 18.4. The second-order valence-electron chi connectivity index (χ2n) is 14.1. The lowest BCUT2D eigenvalue weighted by molar-refractivity contribution is -0.128. The number of carbonyl (C=O) groups is 2. The van der Waals surface area contributed by atoms with Crippen LogP contribution in [0.4, 0.5) is 10.1 Å². The van der Waals surface area contributed by atoms with Gasteiger partial charge < -0.3 is 19.5 Å². The number of nitrogens with one attached hydrogen (secondary N) is 1. The summed E-state index contributed by atoms with van der Waals surface area (Å²) in [5, 5.41) is 3.58. The zero-order valence-electron chi connectivity index (χ0n) is 29.7. The number of methoxy groups -OCH3 is 1. The van der Waals surface area contributed by atoms with Gasteiger partial charge in [0.25, 0.3) is 5.91 Å². The highest BCUT2D eigenvalue weighted by Crippen LogP contribution is 2.42. The number of halogens is 3. The number of anilines is 1. The predicted molar refractivity (Wildman–Crippen MR) is 199 cm³/mol. The molecule has 14 heteroatoms. The monoisotopic (exact) mass is 748 g/mol. The third-order valence-corrected chi connectivity index (χ3v) is 11.5. The lowest BCUT2D eigenvalue weighted by atomic mass is 9.86. The maximum atomic E-state index is 13.5. The molecule has 1 aromatic carbocycles. The van der Waals surface area contributed by atoms with E-state index in [4.69, 9.17) is 32.9 Å². The number of hydrogen-bond donors (Lipinski definition) is 1. The van der Waals surface area contributed by atoms with Crippen LogP contribution in [0.1, 0.15) is 53.8 Å². The number of imidazole rings is 1. The van der Waals surface area contributed by atoms with Crippen LogP contribution in [0, 0.1) is 5.41 Å². The summed E-state index contributed by atoms with van der Waals surface area (Å²) >= 11 is 14.0. The molecule has 1 unspecified atom stereocenters. The van der Waals surface area contributed by atoms with Crippen molar-refractivity contribution < 1.29 is 18.7 Å². The van der Waals surface area contributed by atoms with E-state index in [2.05, 4.69) is 25.1 Å². The molecular weight excluding hydrogens is 706 g/mol. The van der Waals surface area contributed by atoms with E-state index in [1.165, 1.54) is 0 Å². The van der Waals surface area contributed by atoms with E-state index in [9.17, 15) is 14.0 Å². The number of carbonyl (C=O) groups excluding carboxylic acids is 2. The van der Waals surface area contributed by atoms with Gasteiger partial charge in [-0.1, -0.05) is 41.4 Å². The van der Waals surface area contributed by atoms with E-state index in [0.717, 1.165) is 68.9 Å². The second kappa shape index (κ2) is 15.1. The molecule has 0 radical (unpaired) electrons. The van der Waals surface area contributed by atoms with E-state index >= 15 is 0 Å². The Morgan fingerprint density at radius 2 is 1.83 bits per heavy atom. The first-order valence-electron chi connectivity index (χ1n) is 17.7. The summed E-state index contributed by atoms with van der Waals surface area (Å²) in [6.07, 6.45) is 4.98. The summed E-state index contributed by atoms with van der Waals surface area (Å²) in [6.45, 7) is 7.58. The summed E-state index contributed by atoms with van der Waals surface area (Å²) in [4.78, 5) is 46.1. The van der Waals surface area contributed by atoms with E-state index < -0.39 is 0 Å². The molecule has 1 atom stereocenters. The molecule has 6 heterocycles. The summed E-state index contributed by atoms with van der Waals surface area (Å²) < 4.78 is 20.3. The van der Waals surface area contributed by atoms with Gasteiger partial charge >= 0.3 is 0 Å². The van der Waals surface area contributed by atoms with E-state index in [-0.39, 0.29) is 34.8 Å². The van der Waals surface area contributed by atoms with Gasteiger partial charge in [0.2, 0.25) is 11.8 Å². The molecule has 1 spiro atoms. The quantitative estimate of drug-likeness (QED) is 0.202. The first-order chi connectivity index (χ1) is 25.1. The van der Waals surface area contributed by atoms with Crippen LogP contribution >= 0.6 is 23.2 Å². The number of rotatable bonds is 10. The highest BCUT2D eigenvalue weighted by atomic mass is 35.5. The maximum Gasteiger partial charge on any atom is 0.291 e. The lowest BCUT2D eigenvalue weighted by Gasteiger charge is -2.26. The van der Waals surface area contributed by atoms with Gasteiger partial charge in [-0.3, -0.25) is 28.8 Å². The Morgan fingerprint density at radius 1 is 1.00 bits per heavy atom. The van der Waals surface area contributed by atoms with Crippen molar-refractivity contribution in [2.45, 2.75) is 45.7 Å². The molecule has 4 aromatic rings. The highest BCUT2D eigenvalue weighted by Gasteiger charge is 2.44. The van der Waals surface area contributed by atoms with Crippen LogP contribution in [0.3, 0.4) is 0 Å². The number of likely N-dealkylation sites (tertiary alicyclic amines) is 2. The van der Waals surface area contributed by atoms with Gasteiger partial charge in [-0.15, -0.1) is 0 Å². The molecule has 3 aliphatic heterocycles. The fourth-order valence-electron chi connectivity index (χ4n) is 7.94. The number of amides is 2. The average Bonchev–Trinajstić information content (AvgIpc) is 3.85. The zero-order valence-corrected chi connectivity index (χ0v) is 31.2. The Hall–Kier alpha value is -4.10. The van der Waals surface area contributed by atoms with E-state index in [0.29, 0.717) is 65.2 Å². The molecule has 52 heavy (non-hydrogen) atoms. The maximum absolute atomic E-state index is 13.5. The van der Waals surface area contributed by atoms with Crippen molar-refractivity contribution in [1.82, 2.24) is 34.2 Å². The third-order valence-electron chi connectivity index (χ3n) is 10.7. The minimum absolute atomic E-state index is 0.149. The van der Waals surface area contributed by atoms with Crippen molar-refractivity contribution in [2.24, 2.45) is 12.5 Å². The lowest BCUT2D eigenvalue weighted by Crippen LogP contribution is -2.32. The van der Waals surface area contributed by atoms with Crippen molar-refractivity contribution in [1.29, 1.82) is 0 Å². The number of aromatic nitrogens is 4. The van der Waals surface area contributed by atoms with Crippen LogP contribution in [0.5, 0.6) is 5.88 Å². The van der Waals surface area contributed by atoms with Gasteiger partial charge in [-0.25, -0.2) is 9.97 Å². The highest BCUT2D eigenvalue weighted by molar-refractivity contribution is 6.39. The summed E-state index contributed by atoms with van der Waals surface area (Å²) in [7, 11) is 3.45. The minimum atomic E-state index is -0.388. The smallest absolute Gasteiger partial charge is 0.291 e. The minimum Gasteiger partial charge on any atom is -0.481 e. The molecule has 7 rings (SSSR count). The van der Waals surface area contributed by atoms with Crippen LogP contribution in [-0.4, -0.2) is 99.1 Å². The molecule has 11 nitrogen and oxygen atoms in total.